The fraction of sp³-hybridized carbons (Fsp3) is 0.0455. The van der Waals surface area contributed by atoms with Crippen LogP contribution in [0.25, 0.3) is 32.9 Å². The second-order valence-corrected chi connectivity index (χ2v) is 6.97. The number of methoxy groups -OCH3 is 1. The average molecular weight is 358 g/mol. The van der Waals surface area contributed by atoms with E-state index in [2.05, 4.69) is 30.3 Å². The maximum Gasteiger partial charge on any atom is 0.124 e. The number of aromatic nitrogens is 1. The van der Waals surface area contributed by atoms with E-state index < -0.39 is 0 Å². The predicted molar refractivity (Wildman–Crippen MR) is 111 cm³/mol. The summed E-state index contributed by atoms with van der Waals surface area (Å²) in [5.41, 5.74) is 11.0. The highest BCUT2D eigenvalue weighted by Crippen LogP contribution is 2.32. The highest BCUT2D eigenvalue weighted by Gasteiger charge is 2.07. The van der Waals surface area contributed by atoms with Crippen molar-refractivity contribution in [3.8, 4) is 16.3 Å². The fourth-order valence-corrected chi connectivity index (χ4v) is 3.74. The van der Waals surface area contributed by atoms with Crippen molar-refractivity contribution < 1.29 is 4.74 Å². The van der Waals surface area contributed by atoms with Crippen LogP contribution in [0.1, 0.15) is 11.1 Å². The fourth-order valence-electron chi connectivity index (χ4n) is 2.74. The van der Waals surface area contributed by atoms with Crippen molar-refractivity contribution in [2.24, 2.45) is 0 Å². The molecule has 0 aliphatic carbocycles. The highest BCUT2D eigenvalue weighted by atomic mass is 32.1. The van der Waals surface area contributed by atoms with Crippen molar-refractivity contribution in [2.75, 3.05) is 12.8 Å². The first kappa shape index (κ1) is 16.4. The van der Waals surface area contributed by atoms with E-state index >= 15 is 0 Å². The Bertz CT molecular complexity index is 1080. The van der Waals surface area contributed by atoms with Crippen LogP contribution in [0, 0.1) is 0 Å². The van der Waals surface area contributed by atoms with Crippen LogP contribution >= 0.6 is 11.3 Å². The Kier molecular flexibility index (Phi) is 4.42. The van der Waals surface area contributed by atoms with Gasteiger partial charge in [0.1, 0.15) is 10.8 Å². The number of fused-ring (bicyclic) bond motifs is 1. The van der Waals surface area contributed by atoms with Gasteiger partial charge in [-0.3, -0.25) is 0 Å². The lowest BCUT2D eigenvalue weighted by molar-refractivity contribution is 0.415. The van der Waals surface area contributed by atoms with E-state index in [-0.39, 0.29) is 0 Å². The lowest BCUT2D eigenvalue weighted by atomic mass is 10.1. The lowest BCUT2D eigenvalue weighted by Crippen LogP contribution is -1.87. The first-order valence-corrected chi connectivity index (χ1v) is 9.12. The Morgan fingerprint density at radius 2 is 1.77 bits per heavy atom. The molecule has 4 aromatic rings. The summed E-state index contributed by atoms with van der Waals surface area (Å²) in [5, 5.41) is 1.01. The third kappa shape index (κ3) is 3.32. The number of hydrogen-bond donors (Lipinski definition) is 1. The Labute approximate surface area is 156 Å². The van der Waals surface area contributed by atoms with Gasteiger partial charge in [-0.05, 0) is 35.4 Å². The number of benzene rings is 3. The van der Waals surface area contributed by atoms with Crippen LogP contribution in [0.5, 0.6) is 5.75 Å². The molecule has 0 amide bonds. The maximum atomic E-state index is 5.98. The minimum absolute atomic E-state index is 0.783. The summed E-state index contributed by atoms with van der Waals surface area (Å²) in [7, 11) is 1.68. The number of ether oxygens (including phenoxy) is 1. The normalized spacial score (nSPS) is 11.3. The summed E-state index contributed by atoms with van der Waals surface area (Å²) in [6.07, 6.45) is 4.10. The van der Waals surface area contributed by atoms with Crippen molar-refractivity contribution in [2.45, 2.75) is 0 Å². The number of para-hydroxylation sites is 1. The molecule has 3 aromatic carbocycles. The number of nitrogens with zero attached hydrogens (tertiary/aromatic N) is 1. The van der Waals surface area contributed by atoms with Gasteiger partial charge in [0, 0.05) is 11.3 Å². The van der Waals surface area contributed by atoms with Crippen molar-refractivity contribution in [1.82, 2.24) is 4.98 Å². The Balaban J connectivity index is 1.59. The molecule has 0 aliphatic rings. The molecular formula is C22H18N2OS. The minimum Gasteiger partial charge on any atom is -0.497 e. The first-order valence-electron chi connectivity index (χ1n) is 8.30. The molecule has 0 saturated heterocycles. The molecule has 26 heavy (non-hydrogen) atoms. The monoisotopic (exact) mass is 358 g/mol. The van der Waals surface area contributed by atoms with Gasteiger partial charge in [-0.25, -0.2) is 4.98 Å². The van der Waals surface area contributed by atoms with E-state index in [1.165, 1.54) is 0 Å². The third-order valence-electron chi connectivity index (χ3n) is 4.20. The van der Waals surface area contributed by atoms with Crippen LogP contribution in [-0.4, -0.2) is 12.1 Å². The van der Waals surface area contributed by atoms with Crippen molar-refractivity contribution in [1.29, 1.82) is 0 Å². The summed E-state index contributed by atoms with van der Waals surface area (Å²) in [6.45, 7) is 0. The molecule has 0 fully saturated rings. The molecule has 128 valence electrons. The summed E-state index contributed by atoms with van der Waals surface area (Å²) in [6, 6.07) is 22.2. The highest BCUT2D eigenvalue weighted by molar-refractivity contribution is 7.21. The Morgan fingerprint density at radius 3 is 2.54 bits per heavy atom. The molecule has 0 saturated carbocycles. The number of thiazole rings is 1. The largest absolute Gasteiger partial charge is 0.497 e. The van der Waals surface area contributed by atoms with E-state index in [9.17, 15) is 0 Å². The third-order valence-corrected chi connectivity index (χ3v) is 5.27. The number of nitrogens with two attached hydrogens (primary N) is 1. The van der Waals surface area contributed by atoms with Crippen LogP contribution < -0.4 is 10.5 Å². The number of anilines is 1. The molecule has 0 unspecified atom stereocenters. The van der Waals surface area contributed by atoms with E-state index in [1.807, 2.05) is 48.5 Å². The zero-order chi connectivity index (χ0) is 17.9. The second kappa shape index (κ2) is 7.02. The summed E-state index contributed by atoms with van der Waals surface area (Å²) >= 11 is 1.67. The molecule has 0 bridgehead atoms. The SMILES string of the molecule is COc1ccc2nc(-c3ccc(C=Cc4ccccc4N)cc3)sc2c1. The molecular weight excluding hydrogens is 340 g/mol. The molecule has 3 nitrogen and oxygen atoms in total. The zero-order valence-electron chi connectivity index (χ0n) is 14.3. The van der Waals surface area contributed by atoms with Gasteiger partial charge in [0.05, 0.1) is 17.3 Å². The van der Waals surface area contributed by atoms with Crippen LogP contribution in [0.15, 0.2) is 66.7 Å². The standard InChI is InChI=1S/C22H18N2OS/c1-25-18-12-13-20-21(14-18)26-22(24-20)17-10-7-15(8-11-17)6-9-16-4-2-3-5-19(16)23/h2-14H,23H2,1H3. The van der Waals surface area contributed by atoms with Gasteiger partial charge in [0.25, 0.3) is 0 Å². The topological polar surface area (TPSA) is 48.1 Å². The second-order valence-electron chi connectivity index (χ2n) is 5.94. The van der Waals surface area contributed by atoms with Gasteiger partial charge < -0.3 is 10.5 Å². The Hall–Kier alpha value is -3.11. The molecule has 0 aliphatic heterocycles. The molecule has 4 heteroatoms. The van der Waals surface area contributed by atoms with Crippen molar-refractivity contribution in [3.05, 3.63) is 77.9 Å². The lowest BCUT2D eigenvalue weighted by Gasteiger charge is -2.00. The van der Waals surface area contributed by atoms with Gasteiger partial charge in [-0.2, -0.15) is 0 Å². The average Bonchev–Trinajstić information content (AvgIpc) is 3.11. The number of rotatable bonds is 4. The van der Waals surface area contributed by atoms with Gasteiger partial charge in [-0.1, -0.05) is 54.6 Å². The quantitative estimate of drug-likeness (QED) is 0.375. The molecule has 0 radical (unpaired) electrons. The maximum absolute atomic E-state index is 5.98. The summed E-state index contributed by atoms with van der Waals surface area (Å²) in [4.78, 5) is 4.72. The molecule has 0 spiro atoms. The van der Waals surface area contributed by atoms with Gasteiger partial charge >= 0.3 is 0 Å². The van der Waals surface area contributed by atoms with E-state index in [4.69, 9.17) is 15.5 Å². The van der Waals surface area contributed by atoms with E-state index in [0.717, 1.165) is 43.4 Å². The van der Waals surface area contributed by atoms with Crippen LogP contribution in [0.4, 0.5) is 5.69 Å². The molecule has 4 rings (SSSR count). The molecule has 1 aromatic heterocycles. The summed E-state index contributed by atoms with van der Waals surface area (Å²) in [5.74, 6) is 0.855. The van der Waals surface area contributed by atoms with Crippen LogP contribution in [0.2, 0.25) is 0 Å². The van der Waals surface area contributed by atoms with Crippen molar-refractivity contribution >= 4 is 39.4 Å². The summed E-state index contributed by atoms with van der Waals surface area (Å²) < 4.78 is 6.41. The smallest absolute Gasteiger partial charge is 0.124 e. The first-order chi connectivity index (χ1) is 12.7. The van der Waals surface area contributed by atoms with Crippen LogP contribution in [0.3, 0.4) is 0 Å². The van der Waals surface area contributed by atoms with E-state index in [1.54, 1.807) is 18.4 Å². The molecule has 2 N–H and O–H groups in total. The van der Waals surface area contributed by atoms with Crippen LogP contribution in [-0.2, 0) is 0 Å². The predicted octanol–water partition coefficient (Wildman–Crippen LogP) is 5.72. The van der Waals surface area contributed by atoms with Gasteiger partial charge in [-0.15, -0.1) is 11.3 Å². The minimum atomic E-state index is 0.783. The molecule has 1 heterocycles. The van der Waals surface area contributed by atoms with E-state index in [0.29, 0.717) is 0 Å². The molecule has 0 atom stereocenters. The zero-order valence-corrected chi connectivity index (χ0v) is 15.2. The van der Waals surface area contributed by atoms with Crippen molar-refractivity contribution in [3.63, 3.8) is 0 Å². The number of hydrogen-bond acceptors (Lipinski definition) is 4. The van der Waals surface area contributed by atoms with Gasteiger partial charge in [0.15, 0.2) is 0 Å². The van der Waals surface area contributed by atoms with Gasteiger partial charge in [0.2, 0.25) is 0 Å². The number of nitrogen functional groups attached to an aromatic ring is 1. The Morgan fingerprint density at radius 1 is 0.962 bits per heavy atom.